The molecule has 0 saturated carbocycles. The fourth-order valence-electron chi connectivity index (χ4n) is 2.67. The first-order valence-electron chi connectivity index (χ1n) is 8.56. The van der Waals surface area contributed by atoms with Crippen LogP contribution in [0.1, 0.15) is 31.0 Å². The van der Waals surface area contributed by atoms with Gasteiger partial charge in [0, 0.05) is 4.90 Å². The van der Waals surface area contributed by atoms with Gasteiger partial charge in [-0.05, 0) is 42.7 Å². The van der Waals surface area contributed by atoms with Crippen LogP contribution < -0.4 is 14.8 Å². The van der Waals surface area contributed by atoms with E-state index in [1.165, 1.54) is 17.3 Å². The van der Waals surface area contributed by atoms with Crippen molar-refractivity contribution in [1.29, 1.82) is 0 Å². The van der Waals surface area contributed by atoms with Crippen LogP contribution in [0.3, 0.4) is 0 Å². The molecule has 4 nitrogen and oxygen atoms in total. The second kappa shape index (κ2) is 8.30. The van der Waals surface area contributed by atoms with Gasteiger partial charge in [0.25, 0.3) is 0 Å². The zero-order chi connectivity index (χ0) is 17.6. The normalized spacial score (nSPS) is 14.0. The first-order chi connectivity index (χ1) is 12.2. The summed E-state index contributed by atoms with van der Waals surface area (Å²) in [5.41, 5.74) is 2.42. The van der Waals surface area contributed by atoms with E-state index in [0.29, 0.717) is 19.0 Å². The lowest BCUT2D eigenvalue weighted by atomic mass is 10.1. The summed E-state index contributed by atoms with van der Waals surface area (Å²) in [6, 6.07) is 14.2. The number of carbonyl (C=O) groups excluding carboxylic acids is 1. The van der Waals surface area contributed by atoms with E-state index in [0.717, 1.165) is 28.4 Å². The molecule has 0 aliphatic carbocycles. The molecule has 1 heterocycles. The van der Waals surface area contributed by atoms with Crippen molar-refractivity contribution in [3.63, 3.8) is 0 Å². The second-order valence-corrected chi connectivity index (χ2v) is 7.03. The molecule has 0 spiro atoms. The summed E-state index contributed by atoms with van der Waals surface area (Å²) < 4.78 is 11.1. The Morgan fingerprint density at radius 3 is 2.56 bits per heavy atom. The Labute approximate surface area is 152 Å². The molecule has 0 aromatic heterocycles. The Kier molecular flexibility index (Phi) is 5.87. The van der Waals surface area contributed by atoms with Crippen molar-refractivity contribution < 1.29 is 14.3 Å². The van der Waals surface area contributed by atoms with Gasteiger partial charge in [-0.3, -0.25) is 4.79 Å². The molecule has 1 unspecified atom stereocenters. The number of ether oxygens (including phenoxy) is 2. The summed E-state index contributed by atoms with van der Waals surface area (Å²) in [5.74, 6) is 1.91. The molecule has 0 radical (unpaired) electrons. The van der Waals surface area contributed by atoms with Crippen molar-refractivity contribution in [1.82, 2.24) is 5.32 Å². The summed E-state index contributed by atoms with van der Waals surface area (Å²) in [5, 5.41) is 3.05. The molecule has 5 heteroatoms. The zero-order valence-corrected chi connectivity index (χ0v) is 15.4. The van der Waals surface area contributed by atoms with Crippen molar-refractivity contribution in [3.8, 4) is 11.5 Å². The highest BCUT2D eigenvalue weighted by molar-refractivity contribution is 8.00. The quantitative estimate of drug-likeness (QED) is 0.794. The summed E-state index contributed by atoms with van der Waals surface area (Å²) in [6.45, 7) is 5.29. The molecule has 2 aromatic carbocycles. The number of thioether (sulfide) groups is 1. The Morgan fingerprint density at radius 1 is 1.12 bits per heavy atom. The molecule has 0 saturated heterocycles. The molecular weight excluding hydrogens is 334 g/mol. The van der Waals surface area contributed by atoms with Gasteiger partial charge in [0.2, 0.25) is 5.91 Å². The minimum atomic E-state index is -0.000674. The van der Waals surface area contributed by atoms with Crippen LogP contribution in [0, 0.1) is 0 Å². The zero-order valence-electron chi connectivity index (χ0n) is 14.6. The Morgan fingerprint density at radius 2 is 1.84 bits per heavy atom. The van der Waals surface area contributed by atoms with Crippen LogP contribution in [0.15, 0.2) is 47.4 Å². The minimum Gasteiger partial charge on any atom is -0.486 e. The van der Waals surface area contributed by atoms with E-state index in [9.17, 15) is 4.79 Å². The van der Waals surface area contributed by atoms with E-state index in [4.69, 9.17) is 9.47 Å². The number of hydrogen-bond donors (Lipinski definition) is 1. The summed E-state index contributed by atoms with van der Waals surface area (Å²) in [7, 11) is 0. The summed E-state index contributed by atoms with van der Waals surface area (Å²) >= 11 is 1.50. The molecule has 3 rings (SSSR count). The second-order valence-electron chi connectivity index (χ2n) is 5.98. The van der Waals surface area contributed by atoms with E-state index in [2.05, 4.69) is 36.5 Å². The maximum atomic E-state index is 12.2. The Hall–Kier alpha value is -2.14. The number of hydrogen-bond acceptors (Lipinski definition) is 4. The van der Waals surface area contributed by atoms with Gasteiger partial charge < -0.3 is 14.8 Å². The average Bonchev–Trinajstić information content (AvgIpc) is 2.66. The van der Waals surface area contributed by atoms with Crippen molar-refractivity contribution in [2.45, 2.75) is 31.2 Å². The number of fused-ring (bicyclic) bond motifs is 1. The predicted octanol–water partition coefficient (Wildman–Crippen LogP) is 3.99. The molecule has 1 atom stereocenters. The lowest BCUT2D eigenvalue weighted by Crippen LogP contribution is -2.28. The smallest absolute Gasteiger partial charge is 0.230 e. The number of nitrogens with one attached hydrogen (secondary N) is 1. The number of rotatable bonds is 6. The SMILES string of the molecule is CCc1ccc(C(C)NC(=O)CSc2ccc3c(c2)OCCO3)cc1. The molecule has 0 fully saturated rings. The predicted molar refractivity (Wildman–Crippen MR) is 101 cm³/mol. The molecule has 1 aliphatic heterocycles. The monoisotopic (exact) mass is 357 g/mol. The fraction of sp³-hybridized carbons (Fsp3) is 0.350. The number of benzene rings is 2. The van der Waals surface area contributed by atoms with E-state index < -0.39 is 0 Å². The Balaban J connectivity index is 1.52. The number of aryl methyl sites for hydroxylation is 1. The van der Waals surface area contributed by atoms with Gasteiger partial charge in [-0.25, -0.2) is 0 Å². The van der Waals surface area contributed by atoms with Crippen LogP contribution in [0.5, 0.6) is 11.5 Å². The van der Waals surface area contributed by atoms with Crippen LogP contribution in [0.4, 0.5) is 0 Å². The van der Waals surface area contributed by atoms with Gasteiger partial charge >= 0.3 is 0 Å². The maximum absolute atomic E-state index is 12.2. The van der Waals surface area contributed by atoms with Gasteiger partial charge in [0.05, 0.1) is 11.8 Å². The first kappa shape index (κ1) is 17.7. The highest BCUT2D eigenvalue weighted by Crippen LogP contribution is 2.34. The minimum absolute atomic E-state index is 0.000674. The van der Waals surface area contributed by atoms with Crippen molar-refractivity contribution in [2.75, 3.05) is 19.0 Å². The molecule has 2 aromatic rings. The summed E-state index contributed by atoms with van der Waals surface area (Å²) in [6.07, 6.45) is 1.02. The molecular formula is C20H23NO3S. The summed E-state index contributed by atoms with van der Waals surface area (Å²) in [4.78, 5) is 13.2. The van der Waals surface area contributed by atoms with E-state index in [1.54, 1.807) is 0 Å². The Bertz CT molecular complexity index is 730. The largest absolute Gasteiger partial charge is 0.486 e. The van der Waals surface area contributed by atoms with Crippen LogP contribution in [0.2, 0.25) is 0 Å². The highest BCUT2D eigenvalue weighted by atomic mass is 32.2. The van der Waals surface area contributed by atoms with Gasteiger partial charge in [0.1, 0.15) is 13.2 Å². The van der Waals surface area contributed by atoms with Gasteiger partial charge in [-0.2, -0.15) is 0 Å². The van der Waals surface area contributed by atoms with Gasteiger partial charge in [0.15, 0.2) is 11.5 Å². The lowest BCUT2D eigenvalue weighted by molar-refractivity contribution is -0.119. The third kappa shape index (κ3) is 4.69. The standard InChI is InChI=1S/C20H23NO3S/c1-3-15-4-6-16(7-5-15)14(2)21-20(22)13-25-17-8-9-18-19(12-17)24-11-10-23-18/h4-9,12,14H,3,10-11,13H2,1-2H3,(H,21,22). The van der Waals surface area contributed by atoms with Gasteiger partial charge in [-0.1, -0.05) is 31.2 Å². The van der Waals surface area contributed by atoms with Crippen LogP contribution in [0.25, 0.3) is 0 Å². The van der Waals surface area contributed by atoms with E-state index in [1.807, 2.05) is 25.1 Å². The van der Waals surface area contributed by atoms with Crippen molar-refractivity contribution >= 4 is 17.7 Å². The molecule has 25 heavy (non-hydrogen) atoms. The van der Waals surface area contributed by atoms with E-state index >= 15 is 0 Å². The van der Waals surface area contributed by atoms with Crippen LogP contribution in [-0.4, -0.2) is 24.9 Å². The third-order valence-electron chi connectivity index (χ3n) is 4.15. The molecule has 132 valence electrons. The fourth-order valence-corrected chi connectivity index (χ4v) is 3.41. The van der Waals surface area contributed by atoms with Crippen LogP contribution in [-0.2, 0) is 11.2 Å². The number of amides is 1. The molecule has 1 amide bonds. The maximum Gasteiger partial charge on any atom is 0.230 e. The third-order valence-corrected chi connectivity index (χ3v) is 5.14. The topological polar surface area (TPSA) is 47.6 Å². The average molecular weight is 357 g/mol. The van der Waals surface area contributed by atoms with Crippen LogP contribution >= 0.6 is 11.8 Å². The molecule has 0 bridgehead atoms. The lowest BCUT2D eigenvalue weighted by Gasteiger charge is -2.19. The van der Waals surface area contributed by atoms with Crippen molar-refractivity contribution in [3.05, 3.63) is 53.6 Å². The molecule has 1 N–H and O–H groups in total. The van der Waals surface area contributed by atoms with Gasteiger partial charge in [-0.15, -0.1) is 11.8 Å². The number of carbonyl (C=O) groups is 1. The first-order valence-corrected chi connectivity index (χ1v) is 9.55. The van der Waals surface area contributed by atoms with E-state index in [-0.39, 0.29) is 11.9 Å². The highest BCUT2D eigenvalue weighted by Gasteiger charge is 2.13. The molecule has 1 aliphatic rings. The van der Waals surface area contributed by atoms with Crippen molar-refractivity contribution in [2.24, 2.45) is 0 Å².